The number of nitrogens with zero attached hydrogens (tertiary/aromatic N) is 2. The quantitative estimate of drug-likeness (QED) is 0.555. The van der Waals surface area contributed by atoms with Gasteiger partial charge in [-0.3, -0.25) is 14.1 Å². The second-order valence-electron chi connectivity index (χ2n) is 1.65. The SMILES string of the molecule is [CH2-]N(O)CC.[CH2-]N(O)CC.[Y]. The van der Waals surface area contributed by atoms with E-state index in [0.29, 0.717) is 13.1 Å². The molecule has 4 nitrogen and oxygen atoms in total. The van der Waals surface area contributed by atoms with Crippen LogP contribution in [0.15, 0.2) is 0 Å². The molecule has 1 radical (unpaired) electrons. The molecule has 11 heavy (non-hydrogen) atoms. The molecule has 0 amide bonds. The van der Waals surface area contributed by atoms with E-state index < -0.39 is 0 Å². The normalized spacial score (nSPS) is 8.73. The van der Waals surface area contributed by atoms with Gasteiger partial charge < -0.3 is 20.5 Å². The van der Waals surface area contributed by atoms with Crippen LogP contribution in [0.25, 0.3) is 0 Å². The van der Waals surface area contributed by atoms with Crippen molar-refractivity contribution in [1.29, 1.82) is 0 Å². The van der Waals surface area contributed by atoms with Crippen LogP contribution in [0.2, 0.25) is 0 Å². The number of hydrogen-bond acceptors (Lipinski definition) is 4. The van der Waals surface area contributed by atoms with E-state index in [2.05, 4.69) is 14.1 Å². The van der Waals surface area contributed by atoms with E-state index in [9.17, 15) is 0 Å². The number of rotatable bonds is 2. The second-order valence-corrected chi connectivity index (χ2v) is 1.65. The molecule has 0 aliphatic carbocycles. The summed E-state index contributed by atoms with van der Waals surface area (Å²) in [6.45, 7) is 4.79. The maximum absolute atomic E-state index is 8.08. The second kappa shape index (κ2) is 13.5. The van der Waals surface area contributed by atoms with Gasteiger partial charge in [-0.1, -0.05) is 13.8 Å². The van der Waals surface area contributed by atoms with Crippen molar-refractivity contribution in [3.8, 4) is 0 Å². The summed E-state index contributed by atoms with van der Waals surface area (Å²) in [7, 11) is 6.29. The minimum Gasteiger partial charge on any atom is -0.345 e. The minimum absolute atomic E-state index is 0. The van der Waals surface area contributed by atoms with Gasteiger partial charge >= 0.3 is 0 Å². The van der Waals surface area contributed by atoms with Gasteiger partial charge in [-0.25, -0.2) is 0 Å². The molecule has 0 heterocycles. The van der Waals surface area contributed by atoms with E-state index in [-0.39, 0.29) is 32.7 Å². The zero-order valence-corrected chi connectivity index (χ0v) is 10.0. The molecule has 0 unspecified atom stereocenters. The molecule has 0 bridgehead atoms. The molecular formula is C6H16N2O2Y-2. The Labute approximate surface area is 94.0 Å². The molecule has 0 aromatic carbocycles. The Morgan fingerprint density at radius 1 is 1.00 bits per heavy atom. The van der Waals surface area contributed by atoms with Gasteiger partial charge in [0.2, 0.25) is 0 Å². The third-order valence-corrected chi connectivity index (χ3v) is 0.730. The zero-order valence-electron chi connectivity index (χ0n) is 7.19. The van der Waals surface area contributed by atoms with Crippen molar-refractivity contribution in [1.82, 2.24) is 10.1 Å². The molecule has 0 aromatic heterocycles. The van der Waals surface area contributed by atoms with Crippen LogP contribution >= 0.6 is 0 Å². The molecule has 0 spiro atoms. The molecule has 0 aliphatic rings. The van der Waals surface area contributed by atoms with Crippen molar-refractivity contribution in [3.63, 3.8) is 0 Å². The Bertz CT molecular complexity index is 54.5. The van der Waals surface area contributed by atoms with Gasteiger partial charge in [0.1, 0.15) is 0 Å². The average molecular weight is 237 g/mol. The first kappa shape index (κ1) is 17.9. The summed E-state index contributed by atoms with van der Waals surface area (Å²) >= 11 is 0. The van der Waals surface area contributed by atoms with E-state index >= 15 is 0 Å². The van der Waals surface area contributed by atoms with Gasteiger partial charge in [-0.2, -0.15) is 0 Å². The maximum Gasteiger partial charge on any atom is 0 e. The largest absolute Gasteiger partial charge is 0.345 e. The number of hydrogen-bond donors (Lipinski definition) is 2. The summed E-state index contributed by atoms with van der Waals surface area (Å²) < 4.78 is 0. The molecule has 0 rings (SSSR count). The van der Waals surface area contributed by atoms with Crippen molar-refractivity contribution in [2.45, 2.75) is 13.8 Å². The summed E-state index contributed by atoms with van der Waals surface area (Å²) in [5, 5.41) is 17.9. The summed E-state index contributed by atoms with van der Waals surface area (Å²) in [4.78, 5) is 0. The van der Waals surface area contributed by atoms with Gasteiger partial charge in [-0.05, 0) is 13.1 Å². The van der Waals surface area contributed by atoms with Gasteiger partial charge in [-0.15, -0.1) is 0 Å². The fourth-order valence-corrected chi connectivity index (χ4v) is 0. The third-order valence-electron chi connectivity index (χ3n) is 0.730. The molecule has 0 aliphatic heterocycles. The van der Waals surface area contributed by atoms with Crippen molar-refractivity contribution in [3.05, 3.63) is 14.1 Å². The topological polar surface area (TPSA) is 46.9 Å². The van der Waals surface area contributed by atoms with Gasteiger partial charge in [0, 0.05) is 32.7 Å². The molecule has 0 atom stereocenters. The van der Waals surface area contributed by atoms with Crippen LogP contribution in [0.5, 0.6) is 0 Å². The Morgan fingerprint density at radius 3 is 1.09 bits per heavy atom. The fraction of sp³-hybridized carbons (Fsp3) is 0.667. The standard InChI is InChI=1S/2C3H8NO.Y/c2*1-3-4(2)5;/h2*5H,2-3H2,1H3;/q2*-1;. The van der Waals surface area contributed by atoms with Crippen LogP contribution < -0.4 is 0 Å². The maximum atomic E-state index is 8.08. The first-order chi connectivity index (χ1) is 4.54. The summed E-state index contributed by atoms with van der Waals surface area (Å²) in [6.07, 6.45) is 0. The minimum atomic E-state index is 0. The molecule has 2 N–H and O–H groups in total. The summed E-state index contributed by atoms with van der Waals surface area (Å²) in [6, 6.07) is 0. The fourth-order valence-electron chi connectivity index (χ4n) is 0. The van der Waals surface area contributed by atoms with E-state index in [4.69, 9.17) is 10.4 Å². The predicted octanol–water partition coefficient (Wildman–Crippen LogP) is 0.976. The van der Waals surface area contributed by atoms with Crippen molar-refractivity contribution in [2.24, 2.45) is 0 Å². The molecule has 0 saturated carbocycles. The van der Waals surface area contributed by atoms with Gasteiger partial charge in [0.15, 0.2) is 0 Å². The molecule has 0 fully saturated rings. The smallest absolute Gasteiger partial charge is 0 e. The van der Waals surface area contributed by atoms with Crippen LogP contribution in [0.3, 0.4) is 0 Å². The van der Waals surface area contributed by atoms with Gasteiger partial charge in [0.25, 0.3) is 0 Å². The number of hydroxylamine groups is 4. The molecule has 0 aromatic rings. The molecule has 67 valence electrons. The Hall–Kier alpha value is 0.944. The summed E-state index contributed by atoms with van der Waals surface area (Å²) in [5.41, 5.74) is 0. The van der Waals surface area contributed by atoms with E-state index in [1.165, 1.54) is 0 Å². The average Bonchev–Trinajstić information content (AvgIpc) is 1.89. The van der Waals surface area contributed by atoms with Crippen LogP contribution in [0, 0.1) is 14.1 Å². The molecule has 5 heteroatoms. The predicted molar refractivity (Wildman–Crippen MR) is 39.0 cm³/mol. The van der Waals surface area contributed by atoms with E-state index in [1.54, 1.807) is 0 Å². The van der Waals surface area contributed by atoms with Crippen molar-refractivity contribution in [2.75, 3.05) is 13.1 Å². The van der Waals surface area contributed by atoms with Crippen LogP contribution in [-0.2, 0) is 32.7 Å². The Kier molecular flexibility index (Phi) is 22.0. The van der Waals surface area contributed by atoms with Crippen molar-refractivity contribution >= 4 is 0 Å². The van der Waals surface area contributed by atoms with Crippen LogP contribution in [0.1, 0.15) is 13.8 Å². The van der Waals surface area contributed by atoms with Crippen LogP contribution in [0.4, 0.5) is 0 Å². The first-order valence-corrected chi connectivity index (χ1v) is 3.08. The van der Waals surface area contributed by atoms with Crippen LogP contribution in [-0.4, -0.2) is 33.6 Å². The first-order valence-electron chi connectivity index (χ1n) is 3.08. The Balaban J connectivity index is -0.000000107. The van der Waals surface area contributed by atoms with Gasteiger partial charge in [0.05, 0.1) is 0 Å². The van der Waals surface area contributed by atoms with Crippen molar-refractivity contribution < 1.29 is 43.1 Å². The Morgan fingerprint density at radius 2 is 1.09 bits per heavy atom. The molecular weight excluding hydrogens is 221 g/mol. The monoisotopic (exact) mass is 237 g/mol. The van der Waals surface area contributed by atoms with E-state index in [0.717, 1.165) is 10.1 Å². The van der Waals surface area contributed by atoms with E-state index in [1.807, 2.05) is 13.8 Å². The zero-order chi connectivity index (χ0) is 8.57. The summed E-state index contributed by atoms with van der Waals surface area (Å²) in [5.74, 6) is 0. The molecule has 0 saturated heterocycles. The third kappa shape index (κ3) is 35.8.